The molecule has 1 heterocycles. The molecule has 0 amide bonds. The average molecular weight is 249 g/mol. The SMILES string of the molecule is O=c1[nH]c2cc(F)c(Br)c(F)c2[nH]1. The van der Waals surface area contributed by atoms with Crippen molar-refractivity contribution in [2.75, 3.05) is 0 Å². The van der Waals surface area contributed by atoms with Crippen molar-refractivity contribution >= 4 is 27.0 Å². The van der Waals surface area contributed by atoms with Gasteiger partial charge in [-0.2, -0.15) is 0 Å². The molecule has 13 heavy (non-hydrogen) atoms. The van der Waals surface area contributed by atoms with Crippen LogP contribution in [0.25, 0.3) is 11.0 Å². The highest BCUT2D eigenvalue weighted by atomic mass is 79.9. The van der Waals surface area contributed by atoms with E-state index < -0.39 is 17.3 Å². The van der Waals surface area contributed by atoms with Crippen LogP contribution in [0.5, 0.6) is 0 Å². The molecule has 0 bridgehead atoms. The summed E-state index contributed by atoms with van der Waals surface area (Å²) in [7, 11) is 0. The lowest BCUT2D eigenvalue weighted by Gasteiger charge is -1.96. The zero-order valence-electron chi connectivity index (χ0n) is 6.12. The van der Waals surface area contributed by atoms with E-state index >= 15 is 0 Å². The van der Waals surface area contributed by atoms with Crippen molar-refractivity contribution in [2.24, 2.45) is 0 Å². The van der Waals surface area contributed by atoms with E-state index in [0.717, 1.165) is 6.07 Å². The number of H-pyrrole nitrogens is 2. The van der Waals surface area contributed by atoms with Gasteiger partial charge in [0.2, 0.25) is 0 Å². The molecular weight excluding hydrogens is 246 g/mol. The normalized spacial score (nSPS) is 11.0. The van der Waals surface area contributed by atoms with Crippen molar-refractivity contribution in [3.05, 3.63) is 32.7 Å². The Balaban J connectivity index is 3.00. The quantitative estimate of drug-likeness (QED) is 0.688. The van der Waals surface area contributed by atoms with Gasteiger partial charge in [-0.25, -0.2) is 13.6 Å². The Kier molecular flexibility index (Phi) is 1.73. The first-order chi connectivity index (χ1) is 6.09. The molecule has 0 saturated carbocycles. The number of aromatic amines is 2. The van der Waals surface area contributed by atoms with E-state index in [1.807, 2.05) is 0 Å². The lowest BCUT2D eigenvalue weighted by atomic mass is 10.3. The Morgan fingerprint density at radius 3 is 2.69 bits per heavy atom. The minimum atomic E-state index is -0.812. The number of benzene rings is 1. The molecule has 0 spiro atoms. The third-order valence-electron chi connectivity index (χ3n) is 1.65. The fourth-order valence-corrected chi connectivity index (χ4v) is 1.40. The van der Waals surface area contributed by atoms with Crippen LogP contribution in [0.4, 0.5) is 8.78 Å². The summed E-state index contributed by atoms with van der Waals surface area (Å²) in [6.07, 6.45) is 0. The minimum absolute atomic E-state index is 0.0294. The van der Waals surface area contributed by atoms with Gasteiger partial charge < -0.3 is 9.97 Å². The Morgan fingerprint density at radius 2 is 2.00 bits per heavy atom. The predicted octanol–water partition coefficient (Wildman–Crippen LogP) is 1.90. The van der Waals surface area contributed by atoms with E-state index in [2.05, 4.69) is 25.9 Å². The smallest absolute Gasteiger partial charge is 0.306 e. The van der Waals surface area contributed by atoms with Gasteiger partial charge in [0.1, 0.15) is 11.3 Å². The van der Waals surface area contributed by atoms with Crippen LogP contribution < -0.4 is 5.69 Å². The Labute approximate surface area is 78.9 Å². The maximum atomic E-state index is 13.2. The molecule has 2 rings (SSSR count). The fourth-order valence-electron chi connectivity index (χ4n) is 1.08. The van der Waals surface area contributed by atoms with Gasteiger partial charge in [-0.3, -0.25) is 0 Å². The largest absolute Gasteiger partial charge is 0.323 e. The fraction of sp³-hybridized carbons (Fsp3) is 0. The average Bonchev–Trinajstić information content (AvgIpc) is 2.42. The van der Waals surface area contributed by atoms with Gasteiger partial charge in [0.15, 0.2) is 5.82 Å². The van der Waals surface area contributed by atoms with Crippen LogP contribution in [0.15, 0.2) is 15.3 Å². The predicted molar refractivity (Wildman–Crippen MR) is 46.5 cm³/mol. The summed E-state index contributed by atoms with van der Waals surface area (Å²) >= 11 is 2.72. The van der Waals surface area contributed by atoms with Gasteiger partial charge >= 0.3 is 5.69 Å². The molecule has 0 aliphatic carbocycles. The van der Waals surface area contributed by atoms with Crippen molar-refractivity contribution in [3.63, 3.8) is 0 Å². The van der Waals surface area contributed by atoms with Crippen LogP contribution in [0.2, 0.25) is 0 Å². The summed E-state index contributed by atoms with van der Waals surface area (Å²) in [6.45, 7) is 0. The first-order valence-corrected chi connectivity index (χ1v) is 4.14. The standard InChI is InChI=1S/C7H3BrF2N2O/c8-4-2(9)1-3-6(5(4)10)12-7(13)11-3/h1H,(H2,11,12,13). The number of halogens is 3. The molecule has 68 valence electrons. The van der Waals surface area contributed by atoms with E-state index in [1.54, 1.807) is 0 Å². The van der Waals surface area contributed by atoms with Gasteiger partial charge in [0.05, 0.1) is 9.99 Å². The second-order valence-corrected chi connectivity index (χ2v) is 3.28. The number of rotatable bonds is 0. The minimum Gasteiger partial charge on any atom is -0.306 e. The zero-order chi connectivity index (χ0) is 9.59. The van der Waals surface area contributed by atoms with E-state index in [-0.39, 0.29) is 15.5 Å². The molecule has 0 aliphatic heterocycles. The molecule has 6 heteroatoms. The molecule has 3 nitrogen and oxygen atoms in total. The summed E-state index contributed by atoms with van der Waals surface area (Å²) in [5.74, 6) is -1.56. The second kappa shape index (κ2) is 2.66. The van der Waals surface area contributed by atoms with Crippen LogP contribution in [0.1, 0.15) is 0 Å². The number of nitrogens with one attached hydrogen (secondary N) is 2. The number of aromatic nitrogens is 2. The lowest BCUT2D eigenvalue weighted by molar-refractivity contribution is 0.579. The van der Waals surface area contributed by atoms with E-state index in [4.69, 9.17) is 0 Å². The highest BCUT2D eigenvalue weighted by molar-refractivity contribution is 9.10. The molecule has 1 aromatic carbocycles. The molecule has 0 radical (unpaired) electrons. The van der Waals surface area contributed by atoms with Gasteiger partial charge in [0.25, 0.3) is 0 Å². The van der Waals surface area contributed by atoms with Crippen molar-refractivity contribution in [1.82, 2.24) is 9.97 Å². The third kappa shape index (κ3) is 1.17. The van der Waals surface area contributed by atoms with Gasteiger partial charge in [-0.1, -0.05) is 0 Å². The Morgan fingerprint density at radius 1 is 1.31 bits per heavy atom. The molecule has 0 atom stereocenters. The van der Waals surface area contributed by atoms with Gasteiger partial charge in [0, 0.05) is 6.07 Å². The highest BCUT2D eigenvalue weighted by Gasteiger charge is 2.12. The molecule has 0 aliphatic rings. The van der Waals surface area contributed by atoms with Crippen LogP contribution in [0, 0.1) is 11.6 Å². The summed E-state index contributed by atoms with van der Waals surface area (Å²) in [4.78, 5) is 15.2. The summed E-state index contributed by atoms with van der Waals surface area (Å²) in [5.41, 5.74) is -0.479. The second-order valence-electron chi connectivity index (χ2n) is 2.49. The van der Waals surface area contributed by atoms with Gasteiger partial charge in [-0.15, -0.1) is 0 Å². The number of fused-ring (bicyclic) bond motifs is 1. The number of hydrogen-bond donors (Lipinski definition) is 2. The molecule has 2 N–H and O–H groups in total. The molecule has 0 unspecified atom stereocenters. The van der Waals surface area contributed by atoms with Crippen molar-refractivity contribution < 1.29 is 8.78 Å². The van der Waals surface area contributed by atoms with Crippen LogP contribution in [-0.4, -0.2) is 9.97 Å². The molecule has 0 fully saturated rings. The monoisotopic (exact) mass is 248 g/mol. The third-order valence-corrected chi connectivity index (χ3v) is 2.38. The maximum absolute atomic E-state index is 13.2. The van der Waals surface area contributed by atoms with Crippen LogP contribution >= 0.6 is 15.9 Å². The zero-order valence-corrected chi connectivity index (χ0v) is 7.71. The van der Waals surface area contributed by atoms with Crippen LogP contribution in [0.3, 0.4) is 0 Å². The topological polar surface area (TPSA) is 48.6 Å². The van der Waals surface area contributed by atoms with Gasteiger partial charge in [-0.05, 0) is 15.9 Å². The first kappa shape index (κ1) is 8.43. The highest BCUT2D eigenvalue weighted by Crippen LogP contribution is 2.24. The summed E-state index contributed by atoms with van der Waals surface area (Å²) < 4.78 is 25.8. The number of hydrogen-bond acceptors (Lipinski definition) is 1. The van der Waals surface area contributed by atoms with E-state index in [1.165, 1.54) is 0 Å². The summed E-state index contributed by atoms with van der Waals surface area (Å²) in [6, 6.07) is 1.04. The van der Waals surface area contributed by atoms with E-state index in [9.17, 15) is 13.6 Å². The molecule has 1 aromatic heterocycles. The van der Waals surface area contributed by atoms with Crippen molar-refractivity contribution in [1.29, 1.82) is 0 Å². The first-order valence-electron chi connectivity index (χ1n) is 3.35. The van der Waals surface area contributed by atoms with E-state index in [0.29, 0.717) is 0 Å². The lowest BCUT2D eigenvalue weighted by Crippen LogP contribution is -1.99. The summed E-state index contributed by atoms with van der Waals surface area (Å²) in [5, 5.41) is 0. The molecule has 2 aromatic rings. The Bertz CT molecular complexity index is 531. The molecular formula is C7H3BrF2N2O. The van der Waals surface area contributed by atoms with Crippen molar-refractivity contribution in [2.45, 2.75) is 0 Å². The number of imidazole rings is 1. The van der Waals surface area contributed by atoms with Crippen molar-refractivity contribution in [3.8, 4) is 0 Å². The van der Waals surface area contributed by atoms with Crippen LogP contribution in [-0.2, 0) is 0 Å². The molecule has 0 saturated heterocycles. The maximum Gasteiger partial charge on any atom is 0.323 e. The Hall–Kier alpha value is -1.17.